The van der Waals surface area contributed by atoms with Gasteiger partial charge in [0, 0.05) is 5.39 Å². The summed E-state index contributed by atoms with van der Waals surface area (Å²) in [5.74, 6) is -2.50. The maximum Gasteiger partial charge on any atom is 0.433 e. The molecule has 1 aromatic carbocycles. The number of amides is 2. The first kappa shape index (κ1) is 21.9. The van der Waals surface area contributed by atoms with Crippen LogP contribution in [0.15, 0.2) is 42.5 Å². The lowest BCUT2D eigenvalue weighted by Crippen LogP contribution is -2.17. The molecule has 0 saturated carbocycles. The highest BCUT2D eigenvalue weighted by atomic mass is 32.1. The van der Waals surface area contributed by atoms with Crippen LogP contribution >= 0.6 is 11.3 Å². The van der Waals surface area contributed by atoms with Crippen molar-refractivity contribution in [1.82, 2.24) is 15.2 Å². The number of rotatable bonds is 5. The molecule has 2 amide bonds. The molecule has 0 aliphatic heterocycles. The molecule has 3 aromatic heterocycles. The Labute approximate surface area is 185 Å². The minimum absolute atomic E-state index is 0.0555. The van der Waals surface area contributed by atoms with E-state index >= 15 is 0 Å². The van der Waals surface area contributed by atoms with Gasteiger partial charge < -0.3 is 21.2 Å². The van der Waals surface area contributed by atoms with Gasteiger partial charge in [-0.25, -0.2) is 4.98 Å². The first-order valence-corrected chi connectivity index (χ1v) is 9.79. The van der Waals surface area contributed by atoms with E-state index in [9.17, 15) is 32.9 Å². The highest BCUT2D eigenvalue weighted by molar-refractivity contribution is 7.21. The summed E-state index contributed by atoms with van der Waals surface area (Å²) in [4.78, 5) is 38.0. The Kier molecular flexibility index (Phi) is 5.29. The molecule has 0 bridgehead atoms. The van der Waals surface area contributed by atoms with E-state index in [1.54, 1.807) is 30.3 Å². The molecule has 4 aromatic rings. The third-order valence-corrected chi connectivity index (χ3v) is 5.59. The summed E-state index contributed by atoms with van der Waals surface area (Å²) >= 11 is 0.582. The standard InChI is InChI=1S/C19H11F3N6O4S/c20-19(21,22)11-6-9(8-4-2-1-3-5-8)13-14(15(16(23)29)33-18(13)24-11)25-17(30)10-7-12(27-26-10)28(31)32/h1-7H,(H2,23,29)(H,25,30)(H,26,27). The van der Waals surface area contributed by atoms with Crippen molar-refractivity contribution < 1.29 is 27.7 Å². The monoisotopic (exact) mass is 476 g/mol. The molecule has 168 valence electrons. The highest BCUT2D eigenvalue weighted by Gasteiger charge is 2.35. The molecule has 14 heteroatoms. The lowest BCUT2D eigenvalue weighted by atomic mass is 10.0. The van der Waals surface area contributed by atoms with Gasteiger partial charge in [-0.15, -0.1) is 16.4 Å². The fraction of sp³-hybridized carbons (Fsp3) is 0.0526. The summed E-state index contributed by atoms with van der Waals surface area (Å²) in [5, 5.41) is 18.9. The number of carbonyl (C=O) groups excluding carboxylic acids is 2. The first-order chi connectivity index (χ1) is 15.6. The zero-order valence-electron chi connectivity index (χ0n) is 16.1. The molecule has 0 unspecified atom stereocenters. The van der Waals surface area contributed by atoms with Gasteiger partial charge in [-0.2, -0.15) is 13.2 Å². The van der Waals surface area contributed by atoms with Crippen molar-refractivity contribution in [1.29, 1.82) is 0 Å². The zero-order valence-corrected chi connectivity index (χ0v) is 17.0. The number of thiophene rings is 1. The van der Waals surface area contributed by atoms with Crippen LogP contribution in [-0.4, -0.2) is 31.9 Å². The van der Waals surface area contributed by atoms with Crippen LogP contribution in [0.25, 0.3) is 21.3 Å². The summed E-state index contributed by atoms with van der Waals surface area (Å²) in [6.07, 6.45) is -4.77. The quantitative estimate of drug-likeness (QED) is 0.292. The summed E-state index contributed by atoms with van der Waals surface area (Å²) in [6.45, 7) is 0. The van der Waals surface area contributed by atoms with E-state index in [0.29, 0.717) is 16.9 Å². The Bertz CT molecular complexity index is 1410. The number of primary amides is 1. The molecule has 0 spiro atoms. The van der Waals surface area contributed by atoms with Crippen LogP contribution in [0.1, 0.15) is 25.9 Å². The lowest BCUT2D eigenvalue weighted by Gasteiger charge is -2.12. The van der Waals surface area contributed by atoms with Gasteiger partial charge in [0.1, 0.15) is 15.4 Å². The van der Waals surface area contributed by atoms with Crippen molar-refractivity contribution in [2.75, 3.05) is 5.32 Å². The molecule has 0 radical (unpaired) electrons. The average Bonchev–Trinajstić information content (AvgIpc) is 3.39. The van der Waals surface area contributed by atoms with Gasteiger partial charge in [0.25, 0.3) is 11.8 Å². The highest BCUT2D eigenvalue weighted by Crippen LogP contribution is 2.43. The van der Waals surface area contributed by atoms with Crippen LogP contribution in [0.4, 0.5) is 24.7 Å². The number of benzene rings is 1. The summed E-state index contributed by atoms with van der Waals surface area (Å²) in [7, 11) is 0. The zero-order chi connectivity index (χ0) is 23.9. The lowest BCUT2D eigenvalue weighted by molar-refractivity contribution is -0.389. The van der Waals surface area contributed by atoms with Gasteiger partial charge in [0.2, 0.25) is 0 Å². The maximum atomic E-state index is 13.5. The number of hydrogen-bond donors (Lipinski definition) is 3. The number of hydrogen-bond acceptors (Lipinski definition) is 7. The van der Waals surface area contributed by atoms with Crippen molar-refractivity contribution >= 4 is 44.9 Å². The van der Waals surface area contributed by atoms with Crippen molar-refractivity contribution in [2.24, 2.45) is 5.73 Å². The van der Waals surface area contributed by atoms with Crippen molar-refractivity contribution in [3.05, 3.63) is 68.8 Å². The summed E-state index contributed by atoms with van der Waals surface area (Å²) in [5.41, 5.74) is 4.10. The summed E-state index contributed by atoms with van der Waals surface area (Å²) in [6, 6.07) is 9.67. The second kappa shape index (κ2) is 7.98. The smallest absolute Gasteiger partial charge is 0.365 e. The first-order valence-electron chi connectivity index (χ1n) is 8.97. The number of H-pyrrole nitrogens is 1. The number of nitrogens with one attached hydrogen (secondary N) is 2. The number of aromatic nitrogens is 3. The van der Waals surface area contributed by atoms with Gasteiger partial charge in [0.05, 0.1) is 11.8 Å². The molecule has 0 atom stereocenters. The molecule has 3 heterocycles. The van der Waals surface area contributed by atoms with Gasteiger partial charge in [0.15, 0.2) is 5.69 Å². The van der Waals surface area contributed by atoms with Crippen LogP contribution in [0.3, 0.4) is 0 Å². The van der Waals surface area contributed by atoms with Crippen molar-refractivity contribution in [3.8, 4) is 11.1 Å². The van der Waals surface area contributed by atoms with Crippen LogP contribution < -0.4 is 11.1 Å². The molecule has 0 aliphatic rings. The molecule has 4 N–H and O–H groups in total. The number of nitrogens with two attached hydrogens (primary N) is 1. The van der Waals surface area contributed by atoms with E-state index in [4.69, 9.17) is 5.73 Å². The predicted octanol–water partition coefficient (Wildman–Crippen LogP) is 3.96. The van der Waals surface area contributed by atoms with E-state index in [1.165, 1.54) is 0 Å². The minimum Gasteiger partial charge on any atom is -0.365 e. The number of anilines is 1. The van der Waals surface area contributed by atoms with E-state index < -0.39 is 34.4 Å². The maximum absolute atomic E-state index is 13.5. The molecule has 4 rings (SSSR count). The second-order valence-corrected chi connectivity index (χ2v) is 7.62. The second-order valence-electron chi connectivity index (χ2n) is 6.62. The van der Waals surface area contributed by atoms with Crippen LogP contribution in [0.5, 0.6) is 0 Å². The largest absolute Gasteiger partial charge is 0.433 e. The van der Waals surface area contributed by atoms with E-state index in [-0.39, 0.29) is 32.0 Å². The Morgan fingerprint density at radius 3 is 2.45 bits per heavy atom. The SMILES string of the molecule is NC(=O)c1sc2nc(C(F)(F)F)cc(-c3ccccc3)c2c1NC(=O)c1cc([N+](=O)[O-])[nH]n1. The predicted molar refractivity (Wildman–Crippen MR) is 112 cm³/mol. The minimum atomic E-state index is -4.77. The third kappa shape index (κ3) is 4.10. The van der Waals surface area contributed by atoms with Gasteiger partial charge in [-0.05, 0) is 22.1 Å². The molecule has 0 fully saturated rings. The normalized spacial score (nSPS) is 11.5. The average molecular weight is 476 g/mol. The van der Waals surface area contributed by atoms with Gasteiger partial charge in [-0.1, -0.05) is 35.4 Å². The number of nitrogens with zero attached hydrogens (tertiary/aromatic N) is 3. The molecule has 0 aliphatic carbocycles. The van der Waals surface area contributed by atoms with Crippen LogP contribution in [0, 0.1) is 10.1 Å². The molecule has 0 saturated heterocycles. The van der Waals surface area contributed by atoms with E-state index in [2.05, 4.69) is 20.5 Å². The Morgan fingerprint density at radius 2 is 1.88 bits per heavy atom. The molecule has 10 nitrogen and oxygen atoms in total. The van der Waals surface area contributed by atoms with Crippen LogP contribution in [0.2, 0.25) is 0 Å². The topological polar surface area (TPSA) is 157 Å². The number of halogens is 3. The van der Waals surface area contributed by atoms with Gasteiger partial charge >= 0.3 is 12.0 Å². The Morgan fingerprint density at radius 1 is 1.18 bits per heavy atom. The molecule has 33 heavy (non-hydrogen) atoms. The van der Waals surface area contributed by atoms with Crippen molar-refractivity contribution in [2.45, 2.75) is 6.18 Å². The van der Waals surface area contributed by atoms with Crippen molar-refractivity contribution in [3.63, 3.8) is 0 Å². The molecular weight excluding hydrogens is 465 g/mol. The molecular formula is C19H11F3N6O4S. The number of aromatic amines is 1. The van der Waals surface area contributed by atoms with E-state index in [1.807, 2.05) is 0 Å². The van der Waals surface area contributed by atoms with Crippen LogP contribution in [-0.2, 0) is 6.18 Å². The third-order valence-electron chi connectivity index (χ3n) is 4.49. The number of fused-ring (bicyclic) bond motifs is 1. The fourth-order valence-corrected chi connectivity index (χ4v) is 4.09. The number of carbonyl (C=O) groups is 2. The Balaban J connectivity index is 1.94. The summed E-state index contributed by atoms with van der Waals surface area (Å²) < 4.78 is 40.5. The number of alkyl halides is 3. The number of pyridine rings is 1. The Hall–Kier alpha value is -4.33. The fourth-order valence-electron chi connectivity index (χ4n) is 3.08. The van der Waals surface area contributed by atoms with E-state index in [0.717, 1.165) is 12.1 Å². The number of nitro groups is 1. The van der Waals surface area contributed by atoms with Gasteiger partial charge in [-0.3, -0.25) is 9.59 Å².